The van der Waals surface area contributed by atoms with Crippen LogP contribution in [0.2, 0.25) is 0 Å². The Morgan fingerprint density at radius 2 is 2.09 bits per heavy atom. The molecule has 0 radical (unpaired) electrons. The Bertz CT molecular complexity index is 842. The summed E-state index contributed by atoms with van der Waals surface area (Å²) in [4.78, 5) is 16.6. The number of fused-ring (bicyclic) bond motifs is 1. The Morgan fingerprint density at radius 1 is 1.26 bits per heavy atom. The molecule has 1 aliphatic rings. The maximum atomic E-state index is 12.2. The van der Waals surface area contributed by atoms with E-state index in [1.54, 1.807) is 5.38 Å². The van der Waals surface area contributed by atoms with Gasteiger partial charge in [-0.25, -0.2) is 4.98 Å². The van der Waals surface area contributed by atoms with Gasteiger partial charge in [0.1, 0.15) is 5.69 Å². The maximum absolute atomic E-state index is 12.2. The number of thiazole rings is 1. The number of benzene rings is 1. The van der Waals surface area contributed by atoms with Crippen LogP contribution >= 0.6 is 11.3 Å². The highest BCUT2D eigenvalue weighted by molar-refractivity contribution is 7.12. The van der Waals surface area contributed by atoms with E-state index >= 15 is 0 Å². The summed E-state index contributed by atoms with van der Waals surface area (Å²) < 4.78 is 12.5. The summed E-state index contributed by atoms with van der Waals surface area (Å²) in [6, 6.07) is 9.45. The van der Waals surface area contributed by atoms with E-state index in [4.69, 9.17) is 9.47 Å². The Morgan fingerprint density at radius 3 is 2.96 bits per heavy atom. The molecule has 0 fully saturated rings. The summed E-state index contributed by atoms with van der Waals surface area (Å²) in [5.41, 5.74) is 1.36. The van der Waals surface area contributed by atoms with Gasteiger partial charge in [-0.1, -0.05) is 6.07 Å². The Labute approximate surface area is 136 Å². The first-order valence-electron chi connectivity index (χ1n) is 7.05. The van der Waals surface area contributed by atoms with Gasteiger partial charge in [0.15, 0.2) is 16.6 Å². The second-order valence-corrected chi connectivity index (χ2v) is 5.81. The van der Waals surface area contributed by atoms with E-state index in [0.29, 0.717) is 18.0 Å². The molecule has 0 atom stereocenters. The van der Waals surface area contributed by atoms with Gasteiger partial charge in [-0.05, 0) is 29.8 Å². The lowest BCUT2D eigenvalue weighted by molar-refractivity contribution is 0.0946. The van der Waals surface area contributed by atoms with Crippen molar-refractivity contribution in [3.8, 4) is 16.6 Å². The van der Waals surface area contributed by atoms with Crippen molar-refractivity contribution in [2.24, 2.45) is 0 Å². The summed E-state index contributed by atoms with van der Waals surface area (Å²) in [6.45, 7) is 0.651. The van der Waals surface area contributed by atoms with Crippen molar-refractivity contribution in [1.29, 1.82) is 0 Å². The topological polar surface area (TPSA) is 65.4 Å². The van der Waals surface area contributed by atoms with E-state index < -0.39 is 0 Å². The van der Waals surface area contributed by atoms with Gasteiger partial charge < -0.3 is 19.4 Å². The number of nitrogens with zero attached hydrogens (tertiary/aromatic N) is 2. The lowest BCUT2D eigenvalue weighted by Crippen LogP contribution is -2.23. The first-order valence-corrected chi connectivity index (χ1v) is 7.93. The van der Waals surface area contributed by atoms with E-state index in [1.807, 2.05) is 47.3 Å². The number of ether oxygens (including phenoxy) is 2. The minimum atomic E-state index is -0.197. The molecule has 1 aromatic carbocycles. The number of carbonyl (C=O) groups is 1. The third-order valence-electron chi connectivity index (χ3n) is 3.44. The maximum Gasteiger partial charge on any atom is 0.271 e. The minimum absolute atomic E-state index is 0.197. The van der Waals surface area contributed by atoms with Crippen LogP contribution < -0.4 is 14.8 Å². The number of amides is 1. The largest absolute Gasteiger partial charge is 0.454 e. The fraction of sp³-hybridized carbons (Fsp3) is 0.125. The lowest BCUT2D eigenvalue weighted by atomic mass is 10.2. The van der Waals surface area contributed by atoms with Crippen LogP contribution in [-0.4, -0.2) is 22.3 Å². The number of aromatic nitrogens is 2. The average Bonchev–Trinajstić information content (AvgIpc) is 3.32. The third-order valence-corrected chi connectivity index (χ3v) is 4.29. The first kappa shape index (κ1) is 13.8. The number of rotatable bonds is 4. The van der Waals surface area contributed by atoms with Crippen LogP contribution in [0.4, 0.5) is 0 Å². The second kappa shape index (κ2) is 5.77. The molecule has 0 bridgehead atoms. The van der Waals surface area contributed by atoms with Crippen molar-refractivity contribution in [3.05, 3.63) is 59.4 Å². The van der Waals surface area contributed by atoms with Crippen molar-refractivity contribution >= 4 is 17.2 Å². The van der Waals surface area contributed by atoms with Gasteiger partial charge in [-0.3, -0.25) is 4.79 Å². The minimum Gasteiger partial charge on any atom is -0.454 e. The smallest absolute Gasteiger partial charge is 0.271 e. The van der Waals surface area contributed by atoms with Gasteiger partial charge in [-0.15, -0.1) is 11.3 Å². The van der Waals surface area contributed by atoms with E-state index in [2.05, 4.69) is 10.3 Å². The Kier molecular flexibility index (Phi) is 3.47. The zero-order valence-electron chi connectivity index (χ0n) is 12.1. The van der Waals surface area contributed by atoms with E-state index in [9.17, 15) is 4.79 Å². The van der Waals surface area contributed by atoms with Crippen LogP contribution in [-0.2, 0) is 6.54 Å². The van der Waals surface area contributed by atoms with E-state index in [-0.39, 0.29) is 12.7 Å². The van der Waals surface area contributed by atoms with Crippen LogP contribution in [0.3, 0.4) is 0 Å². The van der Waals surface area contributed by atoms with Crippen LogP contribution in [0.25, 0.3) is 5.13 Å². The first-order chi connectivity index (χ1) is 11.3. The zero-order valence-corrected chi connectivity index (χ0v) is 12.9. The normalized spacial score (nSPS) is 12.3. The number of hydrogen-bond donors (Lipinski definition) is 1. The highest BCUT2D eigenvalue weighted by Gasteiger charge is 2.15. The molecule has 0 aliphatic carbocycles. The molecule has 3 heterocycles. The third kappa shape index (κ3) is 2.78. The number of hydrogen-bond acceptors (Lipinski definition) is 5. The Hall–Kier alpha value is -2.80. The van der Waals surface area contributed by atoms with E-state index in [1.165, 1.54) is 11.3 Å². The molecular formula is C16H13N3O3S. The summed E-state index contributed by atoms with van der Waals surface area (Å²) in [5.74, 6) is 1.24. The molecule has 23 heavy (non-hydrogen) atoms. The predicted octanol–water partition coefficient (Wildman–Crippen LogP) is 2.59. The summed E-state index contributed by atoms with van der Waals surface area (Å²) in [6.07, 6.45) is 3.79. The fourth-order valence-corrected chi connectivity index (χ4v) is 3.04. The average molecular weight is 327 g/mol. The molecule has 0 unspecified atom stereocenters. The molecule has 6 nitrogen and oxygen atoms in total. The highest BCUT2D eigenvalue weighted by atomic mass is 32.1. The standard InChI is InChI=1S/C16H13N3O3S/c20-15(12-9-23-16(18-12)19-5-1-2-6-19)17-8-11-3-4-13-14(7-11)22-10-21-13/h1-7,9H,8,10H2,(H,17,20). The summed E-state index contributed by atoms with van der Waals surface area (Å²) >= 11 is 1.43. The van der Waals surface area contributed by atoms with Crippen molar-refractivity contribution < 1.29 is 14.3 Å². The van der Waals surface area contributed by atoms with Gasteiger partial charge in [0.25, 0.3) is 5.91 Å². The fourth-order valence-electron chi connectivity index (χ4n) is 2.27. The zero-order chi connectivity index (χ0) is 15.6. The molecule has 1 aliphatic heterocycles. The number of carbonyl (C=O) groups excluding carboxylic acids is 1. The van der Waals surface area contributed by atoms with Crippen molar-refractivity contribution in [2.45, 2.75) is 6.54 Å². The number of nitrogens with one attached hydrogen (secondary N) is 1. The quantitative estimate of drug-likeness (QED) is 0.800. The van der Waals surface area contributed by atoms with Crippen LogP contribution in [0, 0.1) is 0 Å². The molecule has 1 amide bonds. The summed E-state index contributed by atoms with van der Waals surface area (Å²) in [5, 5.41) is 5.39. The van der Waals surface area contributed by atoms with Gasteiger partial charge >= 0.3 is 0 Å². The van der Waals surface area contributed by atoms with Crippen molar-refractivity contribution in [1.82, 2.24) is 14.9 Å². The molecule has 7 heteroatoms. The highest BCUT2D eigenvalue weighted by Crippen LogP contribution is 2.32. The molecule has 2 aromatic heterocycles. The molecular weight excluding hydrogens is 314 g/mol. The van der Waals surface area contributed by atoms with E-state index in [0.717, 1.165) is 16.4 Å². The SMILES string of the molecule is O=C(NCc1ccc2c(c1)OCO2)c1csc(-n2cccc2)n1. The van der Waals surface area contributed by atoms with Crippen LogP contribution in [0.1, 0.15) is 16.1 Å². The molecule has 4 rings (SSSR count). The van der Waals surface area contributed by atoms with Gasteiger partial charge in [0.2, 0.25) is 6.79 Å². The molecule has 1 N–H and O–H groups in total. The second-order valence-electron chi connectivity index (χ2n) is 4.98. The molecule has 3 aromatic rings. The lowest BCUT2D eigenvalue weighted by Gasteiger charge is -2.04. The molecule has 0 spiro atoms. The van der Waals surface area contributed by atoms with Crippen LogP contribution in [0.5, 0.6) is 11.5 Å². The van der Waals surface area contributed by atoms with Crippen LogP contribution in [0.15, 0.2) is 48.1 Å². The molecule has 116 valence electrons. The predicted molar refractivity (Wildman–Crippen MR) is 85.2 cm³/mol. The monoisotopic (exact) mass is 327 g/mol. The van der Waals surface area contributed by atoms with Gasteiger partial charge in [-0.2, -0.15) is 0 Å². The van der Waals surface area contributed by atoms with Crippen molar-refractivity contribution in [3.63, 3.8) is 0 Å². The summed E-state index contributed by atoms with van der Waals surface area (Å²) in [7, 11) is 0. The van der Waals surface area contributed by atoms with Gasteiger partial charge in [0.05, 0.1) is 0 Å². The molecule has 0 saturated heterocycles. The Balaban J connectivity index is 1.42. The van der Waals surface area contributed by atoms with Gasteiger partial charge in [0, 0.05) is 24.3 Å². The molecule has 0 saturated carbocycles. The van der Waals surface area contributed by atoms with Crippen molar-refractivity contribution in [2.75, 3.05) is 6.79 Å².